The third-order valence-corrected chi connectivity index (χ3v) is 7.40. The summed E-state index contributed by atoms with van der Waals surface area (Å²) in [4.78, 5) is 26.2. The Morgan fingerprint density at radius 1 is 1.12 bits per heavy atom. The Labute approximate surface area is 163 Å². The molecule has 2 unspecified atom stereocenters. The monoisotopic (exact) mass is 418 g/mol. The maximum Gasteiger partial charge on any atom is 0.253 e. The van der Waals surface area contributed by atoms with Crippen LogP contribution < -0.4 is 5.32 Å². The second-order valence-corrected chi connectivity index (χ2v) is 10.8. The smallest absolute Gasteiger partial charge is 0.253 e. The van der Waals surface area contributed by atoms with Crippen molar-refractivity contribution in [3.8, 4) is 0 Å². The number of hydrogen-bond acceptors (Lipinski definition) is 2. The van der Waals surface area contributed by atoms with E-state index >= 15 is 0 Å². The zero-order valence-electron chi connectivity index (χ0n) is 15.6. The highest BCUT2D eigenvalue weighted by molar-refractivity contribution is 9.10. The second kappa shape index (κ2) is 6.36. The molecule has 140 valence electrons. The number of halogens is 1. The summed E-state index contributed by atoms with van der Waals surface area (Å²) in [6.45, 7) is 0. The molecule has 4 saturated carbocycles. The molecule has 0 heterocycles. The molecule has 0 aliphatic heterocycles. The van der Waals surface area contributed by atoms with Gasteiger partial charge in [-0.2, -0.15) is 0 Å². The van der Waals surface area contributed by atoms with Gasteiger partial charge in [0.25, 0.3) is 5.91 Å². The molecule has 4 fully saturated rings. The number of carbonyl (C=O) groups excluding carboxylic acids is 2. The van der Waals surface area contributed by atoms with Crippen molar-refractivity contribution in [3.63, 3.8) is 0 Å². The van der Waals surface area contributed by atoms with E-state index in [-0.39, 0.29) is 21.6 Å². The topological polar surface area (TPSA) is 49.4 Å². The number of hydrogen-bond donors (Lipinski definition) is 1. The molecule has 4 aliphatic carbocycles. The lowest BCUT2D eigenvalue weighted by atomic mass is 9.48. The molecule has 0 saturated heterocycles. The number of anilines is 1. The first-order valence-electron chi connectivity index (χ1n) is 9.56. The van der Waals surface area contributed by atoms with Gasteiger partial charge in [-0.15, -0.1) is 0 Å². The number of amides is 2. The Kier molecular flexibility index (Phi) is 4.41. The summed E-state index contributed by atoms with van der Waals surface area (Å²) in [6.07, 6.45) is 8.10. The number of alkyl halides is 1. The van der Waals surface area contributed by atoms with Crippen molar-refractivity contribution in [2.45, 2.75) is 49.3 Å². The average Bonchev–Trinajstić information content (AvgIpc) is 2.51. The lowest BCUT2D eigenvalue weighted by Gasteiger charge is -2.60. The third-order valence-electron chi connectivity index (χ3n) is 6.47. The standard InChI is InChI=1S/C21H27BrN2O2/c1-24(2)19(26)16-3-5-17(6-4-16)23-18(25)12-20-8-14-7-15(9-20)11-21(22,10-14)13-20/h3-6,14-15H,7-13H2,1-2H3,(H,23,25). The van der Waals surface area contributed by atoms with E-state index in [0.717, 1.165) is 23.9 Å². The van der Waals surface area contributed by atoms with Gasteiger partial charge in [0.05, 0.1) is 0 Å². The minimum absolute atomic E-state index is 0.0286. The summed E-state index contributed by atoms with van der Waals surface area (Å²) in [5.41, 5.74) is 1.58. The lowest BCUT2D eigenvalue weighted by Crippen LogP contribution is -2.53. The molecule has 2 amide bonds. The van der Waals surface area contributed by atoms with Gasteiger partial charge in [-0.1, -0.05) is 15.9 Å². The van der Waals surface area contributed by atoms with Crippen molar-refractivity contribution in [1.82, 2.24) is 4.90 Å². The lowest BCUT2D eigenvalue weighted by molar-refractivity contribution is -0.123. The molecule has 4 bridgehead atoms. The minimum Gasteiger partial charge on any atom is -0.345 e. The molecule has 26 heavy (non-hydrogen) atoms. The molecule has 4 nitrogen and oxygen atoms in total. The number of rotatable bonds is 4. The molecule has 1 N–H and O–H groups in total. The minimum atomic E-state index is -0.0286. The number of nitrogens with one attached hydrogen (secondary N) is 1. The predicted octanol–water partition coefficient (Wildman–Crippen LogP) is 4.45. The Balaban J connectivity index is 1.41. The van der Waals surface area contributed by atoms with E-state index in [1.165, 1.54) is 32.1 Å². The number of benzene rings is 1. The summed E-state index contributed by atoms with van der Waals surface area (Å²) < 4.78 is 0.283. The number of carbonyl (C=O) groups is 2. The Hall–Kier alpha value is -1.36. The molecule has 5 heteroatoms. The van der Waals surface area contributed by atoms with Gasteiger partial charge in [-0.05, 0) is 80.0 Å². The molecule has 0 spiro atoms. The molecular weight excluding hydrogens is 392 g/mol. The second-order valence-electron chi connectivity index (χ2n) is 9.11. The van der Waals surface area contributed by atoms with Gasteiger partial charge in [0.15, 0.2) is 0 Å². The van der Waals surface area contributed by atoms with Crippen LogP contribution in [0, 0.1) is 17.3 Å². The molecule has 0 radical (unpaired) electrons. The van der Waals surface area contributed by atoms with Gasteiger partial charge in [0, 0.05) is 36.1 Å². The first-order valence-corrected chi connectivity index (χ1v) is 10.4. The van der Waals surface area contributed by atoms with Crippen LogP contribution in [0.2, 0.25) is 0 Å². The average molecular weight is 419 g/mol. The van der Waals surface area contributed by atoms with Crippen molar-refractivity contribution in [3.05, 3.63) is 29.8 Å². The molecule has 4 aliphatic rings. The van der Waals surface area contributed by atoms with E-state index in [4.69, 9.17) is 0 Å². The SMILES string of the molecule is CN(C)C(=O)c1ccc(NC(=O)CC23CC4CC(CC(Br)(C4)C2)C3)cc1. The van der Waals surface area contributed by atoms with Gasteiger partial charge < -0.3 is 10.2 Å². The van der Waals surface area contributed by atoms with Crippen molar-refractivity contribution < 1.29 is 9.59 Å². The van der Waals surface area contributed by atoms with Gasteiger partial charge in [0.2, 0.25) is 5.91 Å². The fourth-order valence-electron chi connectivity index (χ4n) is 6.04. The van der Waals surface area contributed by atoms with Gasteiger partial charge in [-0.3, -0.25) is 9.59 Å². The van der Waals surface area contributed by atoms with E-state index in [1.54, 1.807) is 31.1 Å². The molecule has 0 aromatic heterocycles. The van der Waals surface area contributed by atoms with Crippen molar-refractivity contribution in [2.24, 2.45) is 17.3 Å². The fourth-order valence-corrected chi connectivity index (χ4v) is 7.55. The number of nitrogens with zero attached hydrogens (tertiary/aromatic N) is 1. The highest BCUT2D eigenvalue weighted by Crippen LogP contribution is 2.65. The largest absolute Gasteiger partial charge is 0.345 e. The van der Waals surface area contributed by atoms with Crippen LogP contribution in [0.15, 0.2) is 24.3 Å². The van der Waals surface area contributed by atoms with Gasteiger partial charge in [-0.25, -0.2) is 0 Å². The summed E-state index contributed by atoms with van der Waals surface area (Å²) in [5, 5.41) is 3.05. The first kappa shape index (κ1) is 18.0. The van der Waals surface area contributed by atoms with Gasteiger partial charge in [0.1, 0.15) is 0 Å². The Bertz CT molecular complexity index is 714. The zero-order chi connectivity index (χ0) is 18.5. The quantitative estimate of drug-likeness (QED) is 0.734. The third kappa shape index (κ3) is 3.42. The summed E-state index contributed by atoms with van der Waals surface area (Å²) in [6, 6.07) is 7.19. The van der Waals surface area contributed by atoms with Crippen LogP contribution in [0.3, 0.4) is 0 Å². The molecular formula is C21H27BrN2O2. The summed E-state index contributed by atoms with van der Waals surface area (Å²) >= 11 is 4.01. The van der Waals surface area contributed by atoms with Gasteiger partial charge >= 0.3 is 0 Å². The maximum atomic E-state index is 12.7. The molecule has 5 rings (SSSR count). The van der Waals surface area contributed by atoms with Crippen LogP contribution in [0.25, 0.3) is 0 Å². The van der Waals surface area contributed by atoms with Crippen LogP contribution in [-0.4, -0.2) is 35.1 Å². The van der Waals surface area contributed by atoms with E-state index in [0.29, 0.717) is 12.0 Å². The zero-order valence-corrected chi connectivity index (χ0v) is 17.1. The molecule has 1 aromatic rings. The van der Waals surface area contributed by atoms with Crippen molar-refractivity contribution in [1.29, 1.82) is 0 Å². The van der Waals surface area contributed by atoms with Crippen LogP contribution in [0.4, 0.5) is 5.69 Å². The van der Waals surface area contributed by atoms with Crippen LogP contribution in [0.1, 0.15) is 55.3 Å². The highest BCUT2D eigenvalue weighted by atomic mass is 79.9. The van der Waals surface area contributed by atoms with Crippen LogP contribution in [0.5, 0.6) is 0 Å². The van der Waals surface area contributed by atoms with E-state index in [1.807, 2.05) is 12.1 Å². The van der Waals surface area contributed by atoms with Crippen LogP contribution in [-0.2, 0) is 4.79 Å². The Morgan fingerprint density at radius 2 is 1.73 bits per heavy atom. The Morgan fingerprint density at radius 3 is 2.27 bits per heavy atom. The van der Waals surface area contributed by atoms with E-state index in [2.05, 4.69) is 21.2 Å². The predicted molar refractivity (Wildman–Crippen MR) is 106 cm³/mol. The normalized spacial score (nSPS) is 34.6. The fraction of sp³-hybridized carbons (Fsp3) is 0.619. The van der Waals surface area contributed by atoms with E-state index in [9.17, 15) is 9.59 Å². The summed E-state index contributed by atoms with van der Waals surface area (Å²) in [7, 11) is 3.47. The van der Waals surface area contributed by atoms with Crippen LogP contribution >= 0.6 is 15.9 Å². The molecule has 2 atom stereocenters. The summed E-state index contributed by atoms with van der Waals surface area (Å²) in [5.74, 6) is 1.66. The van der Waals surface area contributed by atoms with Crippen molar-refractivity contribution in [2.75, 3.05) is 19.4 Å². The highest BCUT2D eigenvalue weighted by Gasteiger charge is 2.57. The maximum absolute atomic E-state index is 12.7. The molecule has 1 aromatic carbocycles. The van der Waals surface area contributed by atoms with Crippen molar-refractivity contribution >= 4 is 33.4 Å². The van der Waals surface area contributed by atoms with E-state index < -0.39 is 0 Å². The first-order chi connectivity index (χ1) is 12.3.